The van der Waals surface area contributed by atoms with E-state index in [9.17, 15) is 18.8 Å². The fourth-order valence-corrected chi connectivity index (χ4v) is 2.08. The van der Waals surface area contributed by atoms with E-state index in [4.69, 9.17) is 26.6 Å². The molecule has 0 saturated carbocycles. The zero-order chi connectivity index (χ0) is 24.4. The van der Waals surface area contributed by atoms with Crippen molar-refractivity contribution in [3.63, 3.8) is 0 Å². The molecule has 0 radical (unpaired) electrons. The zero-order valence-corrected chi connectivity index (χ0v) is 18.0. The maximum absolute atomic E-state index is 13.2. The van der Waals surface area contributed by atoms with Crippen LogP contribution in [0.4, 0.5) is 22.0 Å². The van der Waals surface area contributed by atoms with Gasteiger partial charge >= 0.3 is 23.1 Å². The molecule has 0 aliphatic heterocycles. The van der Waals surface area contributed by atoms with Crippen LogP contribution in [0.15, 0.2) is 28.8 Å². The highest BCUT2D eigenvalue weighted by Crippen LogP contribution is 2.18. The minimum absolute atomic E-state index is 0.0225. The summed E-state index contributed by atoms with van der Waals surface area (Å²) < 4.78 is 27.0. The first kappa shape index (κ1) is 25.1. The Kier molecular flexibility index (Phi) is 9.11. The smallest absolute Gasteiger partial charge is 0.397 e. The van der Waals surface area contributed by atoms with E-state index in [0.717, 1.165) is 0 Å². The van der Waals surface area contributed by atoms with Crippen LogP contribution in [0.1, 0.15) is 24.5 Å². The number of carbonyl (C=O) groups excluding carboxylic acids is 3. The first-order valence-corrected chi connectivity index (χ1v) is 9.53. The number of nitrogens with zero attached hydrogens (tertiary/aromatic N) is 5. The van der Waals surface area contributed by atoms with E-state index in [-0.39, 0.29) is 42.6 Å². The van der Waals surface area contributed by atoms with Gasteiger partial charge in [-0.25, -0.2) is 14.0 Å². The van der Waals surface area contributed by atoms with Gasteiger partial charge in [-0.05, 0) is 43.6 Å². The number of carbonyl (C=O) groups is 3. The monoisotopic (exact) mass is 481 g/mol. The summed E-state index contributed by atoms with van der Waals surface area (Å²) in [5.74, 6) is -2.68. The van der Waals surface area contributed by atoms with E-state index in [1.165, 1.54) is 18.2 Å². The number of aromatic nitrogens is 5. The highest BCUT2D eigenvalue weighted by Gasteiger charge is 2.19. The number of nitrogen functional groups attached to an aromatic ring is 1. The number of hydrogen-bond donors (Lipinski definition) is 2. The normalized spacial score (nSPS) is 9.94. The lowest BCUT2D eigenvalue weighted by Crippen LogP contribution is -2.10. The predicted molar refractivity (Wildman–Crippen MR) is 111 cm³/mol. The molecule has 0 bridgehead atoms. The third-order valence-electron chi connectivity index (χ3n) is 3.25. The van der Waals surface area contributed by atoms with Crippen molar-refractivity contribution < 1.29 is 32.8 Å². The number of hydrogen-bond acceptors (Lipinski definition) is 13. The second-order valence-electron chi connectivity index (χ2n) is 5.61. The van der Waals surface area contributed by atoms with Gasteiger partial charge in [0.1, 0.15) is 5.82 Å². The van der Waals surface area contributed by atoms with Gasteiger partial charge in [0.25, 0.3) is 0 Å². The Balaban J connectivity index is 0.000000414. The topological polar surface area (TPSA) is 185 Å². The Labute approximate surface area is 190 Å². The van der Waals surface area contributed by atoms with Gasteiger partial charge < -0.3 is 25.0 Å². The van der Waals surface area contributed by atoms with Gasteiger partial charge in [0.15, 0.2) is 0 Å². The second kappa shape index (κ2) is 12.0. The molecule has 3 rings (SSSR count). The number of nitrogens with two attached hydrogens (primary N) is 1. The molecule has 1 aromatic carbocycles. The molecule has 15 heteroatoms. The van der Waals surface area contributed by atoms with Gasteiger partial charge in [-0.15, -0.1) is 0 Å². The molecule has 0 amide bonds. The first-order chi connectivity index (χ1) is 15.7. The molecule has 0 fully saturated rings. The van der Waals surface area contributed by atoms with Crippen molar-refractivity contribution in [3.8, 4) is 11.6 Å². The van der Waals surface area contributed by atoms with Crippen LogP contribution in [0.5, 0.6) is 0 Å². The Hall–Kier alpha value is -4.20. The zero-order valence-electron chi connectivity index (χ0n) is 17.2. The fourth-order valence-electron chi connectivity index (χ4n) is 2.02. The fraction of sp³-hybridized carbons (Fsp3) is 0.222. The van der Waals surface area contributed by atoms with Crippen LogP contribution >= 0.6 is 11.6 Å². The minimum atomic E-state index is -1.08. The average Bonchev–Trinajstić information content (AvgIpc) is 3.25. The van der Waals surface area contributed by atoms with Gasteiger partial charge in [-0.3, -0.25) is 4.79 Å². The Morgan fingerprint density at radius 1 is 1.09 bits per heavy atom. The molecule has 2 aromatic heterocycles. The molecule has 0 spiro atoms. The van der Waals surface area contributed by atoms with Crippen molar-refractivity contribution in [2.75, 3.05) is 24.3 Å². The number of ether oxygens (including phenoxy) is 2. The van der Waals surface area contributed by atoms with Crippen LogP contribution in [0, 0.1) is 5.82 Å². The van der Waals surface area contributed by atoms with E-state index < -0.39 is 23.0 Å². The lowest BCUT2D eigenvalue weighted by Gasteiger charge is -2.05. The van der Waals surface area contributed by atoms with Crippen LogP contribution < -0.4 is 11.1 Å². The molecule has 0 aliphatic carbocycles. The van der Waals surface area contributed by atoms with Crippen LogP contribution in [0.3, 0.4) is 0 Å². The van der Waals surface area contributed by atoms with Crippen LogP contribution in [-0.4, -0.2) is 55.5 Å². The lowest BCUT2D eigenvalue weighted by atomic mass is 10.3. The van der Waals surface area contributed by atoms with Crippen LogP contribution in [-0.2, 0) is 19.1 Å². The molecule has 3 aromatic rings. The third kappa shape index (κ3) is 7.77. The van der Waals surface area contributed by atoms with Crippen molar-refractivity contribution in [1.29, 1.82) is 0 Å². The summed E-state index contributed by atoms with van der Waals surface area (Å²) in [6, 6.07) is 5.70. The number of benzene rings is 1. The molecule has 0 saturated heterocycles. The molecule has 0 atom stereocenters. The Morgan fingerprint density at radius 3 is 2.42 bits per heavy atom. The second-order valence-corrected chi connectivity index (χ2v) is 5.96. The lowest BCUT2D eigenvalue weighted by molar-refractivity contribution is -0.149. The average molecular weight is 482 g/mol. The molecule has 0 aliphatic rings. The maximum atomic E-state index is 13.2. The summed E-state index contributed by atoms with van der Waals surface area (Å²) >= 11 is 4.69. The van der Waals surface area contributed by atoms with Gasteiger partial charge in [-0.2, -0.15) is 19.9 Å². The summed E-state index contributed by atoms with van der Waals surface area (Å²) in [6.45, 7) is 3.58. The van der Waals surface area contributed by atoms with Crippen molar-refractivity contribution >= 4 is 46.4 Å². The van der Waals surface area contributed by atoms with Gasteiger partial charge in [-0.1, -0.05) is 11.2 Å². The Morgan fingerprint density at radius 2 is 1.82 bits per heavy atom. The largest absolute Gasteiger partial charge is 0.459 e. The molecule has 2 heterocycles. The summed E-state index contributed by atoms with van der Waals surface area (Å²) in [7, 11) is 0. The number of nitrogens with one attached hydrogen (secondary N) is 1. The van der Waals surface area contributed by atoms with Crippen molar-refractivity contribution in [1.82, 2.24) is 25.1 Å². The van der Waals surface area contributed by atoms with E-state index >= 15 is 0 Å². The van der Waals surface area contributed by atoms with Gasteiger partial charge in [0.05, 0.1) is 13.2 Å². The van der Waals surface area contributed by atoms with Gasteiger partial charge in [0.2, 0.25) is 23.5 Å². The molecule has 3 N–H and O–H groups in total. The van der Waals surface area contributed by atoms with Crippen molar-refractivity contribution in [3.05, 3.63) is 36.0 Å². The molecule has 174 valence electrons. The number of esters is 2. The van der Waals surface area contributed by atoms with E-state index in [0.29, 0.717) is 5.69 Å². The van der Waals surface area contributed by atoms with E-state index in [2.05, 4.69) is 35.1 Å². The van der Waals surface area contributed by atoms with E-state index in [1.54, 1.807) is 19.9 Å². The summed E-state index contributed by atoms with van der Waals surface area (Å²) in [5, 5.41) is 5.32. The highest BCUT2D eigenvalue weighted by molar-refractivity contribution is 6.80. The summed E-state index contributed by atoms with van der Waals surface area (Å²) in [5.41, 5.74) is 6.05. The molecule has 33 heavy (non-hydrogen) atoms. The number of anilines is 3. The van der Waals surface area contributed by atoms with Crippen molar-refractivity contribution in [2.45, 2.75) is 13.8 Å². The standard InChI is InChI=1S/C14H12FN7O3.C4H5ClO3/c1-2-24-12(23)11-18-10(22-25-11)9-19-13(16)21-14(20-9)17-8-5-3-4-7(15)6-8;1-2-8-4(7)3(5)6/h3-6H,2H2,1H3,(H3,16,17,19,20,21);2H2,1H3. The summed E-state index contributed by atoms with van der Waals surface area (Å²) in [6.07, 6.45) is 0. The quantitative estimate of drug-likeness (QED) is 0.283. The molecule has 13 nitrogen and oxygen atoms in total. The predicted octanol–water partition coefficient (Wildman–Crippen LogP) is 1.88. The highest BCUT2D eigenvalue weighted by atomic mass is 35.5. The van der Waals surface area contributed by atoms with Crippen molar-refractivity contribution in [2.24, 2.45) is 0 Å². The minimum Gasteiger partial charge on any atom is -0.459 e. The maximum Gasteiger partial charge on any atom is 0.397 e. The summed E-state index contributed by atoms with van der Waals surface area (Å²) in [4.78, 5) is 47.1. The number of halogens is 2. The van der Waals surface area contributed by atoms with Crippen LogP contribution in [0.2, 0.25) is 0 Å². The Bertz CT molecular complexity index is 1140. The third-order valence-corrected chi connectivity index (χ3v) is 3.40. The molecular formula is C18H17ClFN7O6. The number of rotatable bonds is 7. The van der Waals surface area contributed by atoms with E-state index in [1.807, 2.05) is 0 Å². The van der Waals surface area contributed by atoms with Crippen LogP contribution in [0.25, 0.3) is 11.6 Å². The SMILES string of the molecule is CCOC(=O)C(=O)Cl.CCOC(=O)c1nc(-c2nc(N)nc(Nc3cccc(F)c3)n2)no1. The van der Waals surface area contributed by atoms with Gasteiger partial charge in [0, 0.05) is 5.69 Å². The molecule has 0 unspecified atom stereocenters. The molecular weight excluding hydrogens is 465 g/mol. The first-order valence-electron chi connectivity index (χ1n) is 9.15.